The van der Waals surface area contributed by atoms with E-state index in [2.05, 4.69) is 67.1 Å². The molecule has 0 amide bonds. The van der Waals surface area contributed by atoms with Crippen molar-refractivity contribution in [3.63, 3.8) is 0 Å². The van der Waals surface area contributed by atoms with Gasteiger partial charge in [-0.2, -0.15) is 12.5 Å². The minimum absolute atomic E-state index is 0. The van der Waals surface area contributed by atoms with Gasteiger partial charge < -0.3 is 31.2 Å². The van der Waals surface area contributed by atoms with E-state index in [0.717, 1.165) is 23.2 Å². The minimum atomic E-state index is 0. The smallest absolute Gasteiger partial charge is 1.00 e. The molecule has 4 aliphatic carbocycles. The van der Waals surface area contributed by atoms with Gasteiger partial charge in [0.2, 0.25) is 0 Å². The molecular formula is C30H39Cl2PZr. The summed E-state index contributed by atoms with van der Waals surface area (Å²) in [5.74, 6) is 1.62. The third-order valence-electron chi connectivity index (χ3n) is 8.07. The van der Waals surface area contributed by atoms with E-state index in [1.807, 2.05) is 0 Å². The first-order valence-corrected chi connectivity index (χ1v) is 14.5. The van der Waals surface area contributed by atoms with Crippen molar-refractivity contribution in [1.82, 2.24) is 0 Å². The quantitative estimate of drug-likeness (QED) is 0.380. The Kier molecular flexibility index (Phi) is 13.8. The van der Waals surface area contributed by atoms with Crippen molar-refractivity contribution in [2.24, 2.45) is 11.8 Å². The molecule has 6 rings (SSSR count). The van der Waals surface area contributed by atoms with Crippen molar-refractivity contribution in [1.29, 1.82) is 0 Å². The molecule has 0 bridgehead atoms. The summed E-state index contributed by atoms with van der Waals surface area (Å²) < 4.78 is 0. The average molecular weight is 593 g/mol. The number of fused-ring (bicyclic) bond motifs is 2. The molecule has 4 heteroatoms. The summed E-state index contributed by atoms with van der Waals surface area (Å²) in [7, 11) is 0.0611. The summed E-state index contributed by atoms with van der Waals surface area (Å²) in [6.07, 6.45) is 29.0. The normalized spacial score (nSPS) is 24.4. The van der Waals surface area contributed by atoms with Crippen LogP contribution in [-0.4, -0.2) is 11.3 Å². The molecule has 2 aromatic rings. The van der Waals surface area contributed by atoms with E-state index in [0.29, 0.717) is 0 Å². The Hall–Kier alpha value is 0.203. The van der Waals surface area contributed by atoms with E-state index >= 15 is 0 Å². The van der Waals surface area contributed by atoms with Gasteiger partial charge in [-0.15, -0.1) is 52.3 Å². The second-order valence-electron chi connectivity index (χ2n) is 10.2. The van der Waals surface area contributed by atoms with Crippen LogP contribution in [0.1, 0.15) is 77.0 Å². The van der Waals surface area contributed by atoms with Gasteiger partial charge in [-0.05, 0) is 42.9 Å². The Morgan fingerprint density at radius 3 is 1.97 bits per heavy atom. The standard InChI is InChI=1S/C21H28P.C9H11.2ClH.Zr/c1-3-11-19(12-4-1)22(20-13-5-2-6-14-20)21-15-17-9-7-8-10-18(17)16-21;1-2-5-9-7-3-6-8(9)4-1;;;/h7-10,15-16,19-20H,1-6,11-14H2;1-2,4-6,8-9H,3,7H2;2*1H;/q2*-1;;;+4/p-2. The van der Waals surface area contributed by atoms with E-state index in [1.165, 1.54) is 87.8 Å². The van der Waals surface area contributed by atoms with Gasteiger partial charge in [0, 0.05) is 0 Å². The van der Waals surface area contributed by atoms with Crippen LogP contribution >= 0.6 is 7.92 Å². The van der Waals surface area contributed by atoms with Gasteiger partial charge in [-0.3, -0.25) is 0 Å². The predicted molar refractivity (Wildman–Crippen MR) is 139 cm³/mol. The molecule has 3 saturated carbocycles. The Labute approximate surface area is 240 Å². The van der Waals surface area contributed by atoms with Crippen molar-refractivity contribution in [3.05, 3.63) is 67.1 Å². The Morgan fingerprint density at radius 1 is 0.735 bits per heavy atom. The third-order valence-corrected chi connectivity index (χ3v) is 11.5. The van der Waals surface area contributed by atoms with Crippen LogP contribution in [0.5, 0.6) is 0 Å². The van der Waals surface area contributed by atoms with Gasteiger partial charge in [-0.1, -0.05) is 77.2 Å². The molecule has 0 spiro atoms. The molecule has 182 valence electrons. The molecule has 0 heterocycles. The number of benzene rings is 1. The molecule has 0 saturated heterocycles. The first kappa shape index (κ1) is 30.4. The second kappa shape index (κ2) is 15.5. The van der Waals surface area contributed by atoms with Crippen LogP contribution in [0.25, 0.3) is 10.8 Å². The molecule has 0 radical (unpaired) electrons. The fourth-order valence-electron chi connectivity index (χ4n) is 6.41. The van der Waals surface area contributed by atoms with Crippen LogP contribution in [0.15, 0.2) is 60.7 Å². The number of hydrogen-bond donors (Lipinski definition) is 0. The first-order valence-electron chi connectivity index (χ1n) is 13.0. The van der Waals surface area contributed by atoms with Crippen LogP contribution in [0, 0.1) is 18.3 Å². The maximum atomic E-state index is 2.55. The third kappa shape index (κ3) is 7.61. The summed E-state index contributed by atoms with van der Waals surface area (Å²) in [4.78, 5) is 0. The van der Waals surface area contributed by atoms with E-state index in [9.17, 15) is 0 Å². The molecule has 2 unspecified atom stereocenters. The molecule has 2 atom stereocenters. The van der Waals surface area contributed by atoms with E-state index in [4.69, 9.17) is 0 Å². The molecule has 3 fully saturated rings. The van der Waals surface area contributed by atoms with Gasteiger partial charge in [0.15, 0.2) is 0 Å². The largest absolute Gasteiger partial charge is 4.00 e. The van der Waals surface area contributed by atoms with Gasteiger partial charge in [-0.25, -0.2) is 0 Å². The molecule has 2 aromatic carbocycles. The summed E-state index contributed by atoms with van der Waals surface area (Å²) >= 11 is 0. The van der Waals surface area contributed by atoms with E-state index < -0.39 is 0 Å². The molecule has 4 aliphatic rings. The van der Waals surface area contributed by atoms with Crippen LogP contribution in [-0.2, 0) is 26.2 Å². The monoisotopic (exact) mass is 590 g/mol. The van der Waals surface area contributed by atoms with Gasteiger partial charge in [0.1, 0.15) is 0 Å². The number of hydrogen-bond acceptors (Lipinski definition) is 0. The predicted octanol–water partition coefficient (Wildman–Crippen LogP) is 2.68. The SMILES string of the molecule is C1=CC2[CH-]CCC2C=C1.[Cl-].[Cl-].[Zr+4].c1ccc2[cH-]c(P(C3CCCCC3)C3CCCCC3)cc2c1. The Balaban J connectivity index is 0.000000290. The summed E-state index contributed by atoms with van der Waals surface area (Å²) in [5.41, 5.74) is 2.03. The number of allylic oxidation sites excluding steroid dienone is 4. The van der Waals surface area contributed by atoms with Crippen LogP contribution in [0.3, 0.4) is 0 Å². The zero-order valence-electron chi connectivity index (χ0n) is 20.3. The molecule has 0 nitrogen and oxygen atoms in total. The molecule has 0 aromatic heterocycles. The summed E-state index contributed by atoms with van der Waals surface area (Å²) in [5, 5.41) is 4.67. The average Bonchev–Trinajstić information content (AvgIpc) is 3.48. The fraction of sp³-hybridized carbons (Fsp3) is 0.533. The Morgan fingerprint density at radius 2 is 1.35 bits per heavy atom. The molecule has 0 N–H and O–H groups in total. The van der Waals surface area contributed by atoms with Crippen LogP contribution in [0.2, 0.25) is 0 Å². The summed E-state index contributed by atoms with van der Waals surface area (Å²) in [6, 6.07) is 14.1. The number of rotatable bonds is 3. The molecule has 34 heavy (non-hydrogen) atoms. The summed E-state index contributed by atoms with van der Waals surface area (Å²) in [6.45, 7) is 0. The van der Waals surface area contributed by atoms with Gasteiger partial charge in [0.25, 0.3) is 0 Å². The first-order chi connectivity index (χ1) is 15.4. The Bertz CT molecular complexity index is 823. The van der Waals surface area contributed by atoms with Crippen molar-refractivity contribution in [2.45, 2.75) is 88.4 Å². The van der Waals surface area contributed by atoms with Crippen molar-refractivity contribution >= 4 is 24.0 Å². The minimum Gasteiger partial charge on any atom is -1.00 e. The molecular weight excluding hydrogens is 553 g/mol. The zero-order valence-corrected chi connectivity index (χ0v) is 25.2. The van der Waals surface area contributed by atoms with Gasteiger partial charge >= 0.3 is 26.2 Å². The number of halogens is 2. The van der Waals surface area contributed by atoms with Crippen LogP contribution < -0.4 is 30.1 Å². The maximum absolute atomic E-state index is 2.55. The molecule has 0 aliphatic heterocycles. The van der Waals surface area contributed by atoms with Gasteiger partial charge in [0.05, 0.1) is 0 Å². The van der Waals surface area contributed by atoms with Crippen molar-refractivity contribution < 1.29 is 51.0 Å². The fourth-order valence-corrected chi connectivity index (χ4v) is 10.3. The zero-order chi connectivity index (χ0) is 20.9. The van der Waals surface area contributed by atoms with Crippen LogP contribution in [0.4, 0.5) is 0 Å². The van der Waals surface area contributed by atoms with Crippen molar-refractivity contribution in [2.75, 3.05) is 0 Å². The maximum Gasteiger partial charge on any atom is 4.00 e. The second-order valence-corrected chi connectivity index (χ2v) is 12.9. The van der Waals surface area contributed by atoms with Crippen molar-refractivity contribution in [3.8, 4) is 0 Å². The van der Waals surface area contributed by atoms with E-state index in [-0.39, 0.29) is 58.9 Å². The van der Waals surface area contributed by atoms with E-state index in [1.54, 1.807) is 5.30 Å². The topological polar surface area (TPSA) is 0 Å².